The van der Waals surface area contributed by atoms with Crippen molar-refractivity contribution in [3.05, 3.63) is 364 Å². The third kappa shape index (κ3) is 22.4. The minimum Gasteiger partial charge on any atom is -0.508 e. The molecule has 140 heavy (non-hydrogen) atoms. The highest BCUT2D eigenvalue weighted by Crippen LogP contribution is 2.38. The number of benzene rings is 8. The normalized spacial score (nSPS) is 13.1. The number of halogens is 7. The zero-order chi connectivity index (χ0) is 101. The summed E-state index contributed by atoms with van der Waals surface area (Å²) in [7, 11) is 8.02. The number of anilines is 8. The van der Waals surface area contributed by atoms with Gasteiger partial charge in [-0.25, -0.2) is 49.9 Å². The van der Waals surface area contributed by atoms with Crippen molar-refractivity contribution < 1.29 is 35.8 Å². The van der Waals surface area contributed by atoms with Crippen molar-refractivity contribution in [3.63, 3.8) is 0 Å². The van der Waals surface area contributed by atoms with E-state index in [1.165, 1.54) is 99.0 Å². The van der Waals surface area contributed by atoms with Crippen LogP contribution < -0.4 is 66.3 Å². The summed E-state index contributed by atoms with van der Waals surface area (Å²) in [5.41, 5.74) is 6.93. The molecule has 0 amide bonds. The first kappa shape index (κ1) is 101. The molecule has 0 aliphatic carbocycles. The number of aryl methyl sites for hydroxylation is 2. The SMILES string of the molecule is CC(C)Cn1c(=O)n(C)c(=O)c2c(Nc3ccccc3)n(Cc3ccc(C(C)(F)F)cc3)cc21.Cc1c2c(c(Nc3ccccc3)n1Cc1ccc(C(C)(F)F)cc1)c(=O)n(C)c(=O)n2CC(C)C.Cc1ccc(Cn2cc3c(c2Nc2ccc(F)cc2)c(=O)n(C)c(=O)n3CC2CCCN2C)cc1.Cn1c(=O)c2c(Nc3ccc(O)cc3)n(Cc3ccc(C(C)(F)F)cc3)cc2n(CC(C)(C)C)c1=O. The van der Waals surface area contributed by atoms with E-state index in [4.69, 9.17) is 0 Å². The number of para-hydroxylation sites is 2. The number of hydrogen-bond donors (Lipinski definition) is 5. The quantitative estimate of drug-likeness (QED) is 0.0249. The largest absolute Gasteiger partial charge is 0.508 e. The molecule has 26 nitrogen and oxygen atoms in total. The first-order valence-corrected chi connectivity index (χ1v) is 46.3. The monoisotopic (exact) mass is 1920 g/mol. The van der Waals surface area contributed by atoms with Crippen LogP contribution in [0.25, 0.3) is 43.6 Å². The van der Waals surface area contributed by atoms with Gasteiger partial charge < -0.3 is 49.5 Å². The van der Waals surface area contributed by atoms with Crippen molar-refractivity contribution in [1.82, 2.24) is 59.7 Å². The standard InChI is InChI=1S/C27H30F2N4O3.C27H30F2N4O2.C27H30FN5O2.C26H28F2N4O2/c1-26(2,3)16-33-21-15-32(14-17-6-8-18(9-7-17)27(4,28)29)23(22(21)24(35)31(5)25(33)36)30-19-10-12-20(34)13-11-19;1-17(2)15-33-23-18(3)32(16-19-11-13-20(14-12-19)27(4,28)29)24(30-21-9-7-6-8-10-21)22(23)25(34)31(5)26(33)35;1-18-6-8-19(9-7-18)15-32-17-23-24(25(32)29-21-12-10-20(28)11-13-21)26(34)31(3)27(35)33(23)16-22-5-4-14-30(22)2;1-17(2)14-32-21-16-31(15-18-10-12-19(13-11-18)26(3,27)28)23(29-20-8-6-5-7-9-20)22(21)24(33)30(4)25(32)34/h6-13,15,30,34H,14,16H2,1-5H3;6-14,17,30H,15-16H2,1-5H3;6-13,17,22,29H,4-5,14-16H2,1-3H3;5-13,16-17,29H,14-15H2,1-4H3. The maximum absolute atomic E-state index is 13.7. The van der Waals surface area contributed by atoms with Gasteiger partial charge in [0.05, 0.1) is 22.1 Å². The van der Waals surface area contributed by atoms with Crippen LogP contribution in [-0.2, 0) is 98.3 Å². The number of likely N-dealkylation sites (tertiary alicyclic amines) is 1. The van der Waals surface area contributed by atoms with Gasteiger partial charge in [0.15, 0.2) is 0 Å². The van der Waals surface area contributed by atoms with Crippen LogP contribution in [0.5, 0.6) is 5.75 Å². The van der Waals surface area contributed by atoms with Crippen molar-refractivity contribution in [3.8, 4) is 5.75 Å². The van der Waals surface area contributed by atoms with Crippen molar-refractivity contribution in [1.29, 1.82) is 0 Å². The van der Waals surface area contributed by atoms with Gasteiger partial charge in [0.2, 0.25) is 0 Å². The van der Waals surface area contributed by atoms with Crippen molar-refractivity contribution >= 4 is 89.6 Å². The molecule has 0 bridgehead atoms. The number of phenols is 1. The second kappa shape index (κ2) is 41.0. The fourth-order valence-corrected chi connectivity index (χ4v) is 17.5. The minimum atomic E-state index is -2.94. The second-order valence-electron chi connectivity index (χ2n) is 38.5. The van der Waals surface area contributed by atoms with Crippen LogP contribution in [0.2, 0.25) is 0 Å². The lowest BCUT2D eigenvalue weighted by molar-refractivity contribution is 0.0168. The molecule has 734 valence electrons. The number of hydrogen-bond acceptors (Lipinski definition) is 14. The molecule has 1 aliphatic rings. The van der Waals surface area contributed by atoms with Crippen LogP contribution in [0.4, 0.5) is 76.8 Å². The summed E-state index contributed by atoms with van der Waals surface area (Å²) < 4.78 is 114. The molecule has 8 aromatic carbocycles. The molecule has 1 unspecified atom stereocenters. The minimum absolute atomic E-state index is 0.0575. The summed E-state index contributed by atoms with van der Waals surface area (Å²) in [6.45, 7) is 24.9. The van der Waals surface area contributed by atoms with Gasteiger partial charge in [-0.15, -0.1) is 0 Å². The molecular formula is C107H118F7N17O9. The predicted octanol–water partition coefficient (Wildman–Crippen LogP) is 19.4. The molecule has 8 aromatic heterocycles. The van der Waals surface area contributed by atoms with Gasteiger partial charge in [-0.3, -0.25) is 55.7 Å². The van der Waals surface area contributed by atoms with Crippen LogP contribution in [0.1, 0.15) is 132 Å². The number of alkyl halides is 6. The second-order valence-corrected chi connectivity index (χ2v) is 38.5. The molecule has 17 rings (SSSR count). The van der Waals surface area contributed by atoms with E-state index >= 15 is 0 Å². The van der Waals surface area contributed by atoms with Gasteiger partial charge in [0.25, 0.3) is 40.0 Å². The summed E-state index contributed by atoms with van der Waals surface area (Å²) in [6, 6.07) is 58.1. The van der Waals surface area contributed by atoms with Gasteiger partial charge in [-0.1, -0.05) is 187 Å². The summed E-state index contributed by atoms with van der Waals surface area (Å²) in [5, 5.41) is 24.6. The van der Waals surface area contributed by atoms with E-state index in [1.54, 1.807) is 95.9 Å². The zero-order valence-corrected chi connectivity index (χ0v) is 81.5. The molecule has 1 atom stereocenters. The van der Waals surface area contributed by atoms with E-state index in [-0.39, 0.29) is 86.3 Å². The number of aromatic nitrogens is 12. The number of fused-ring (bicyclic) bond motifs is 4. The third-order valence-electron chi connectivity index (χ3n) is 25.0. The topological polar surface area (TPSA) is 267 Å². The van der Waals surface area contributed by atoms with Crippen molar-refractivity contribution in [2.75, 3.05) is 34.9 Å². The van der Waals surface area contributed by atoms with Gasteiger partial charge in [-0.05, 0) is 153 Å². The van der Waals surface area contributed by atoms with E-state index in [2.05, 4.69) is 57.5 Å². The first-order chi connectivity index (χ1) is 66.1. The molecule has 0 spiro atoms. The molecule has 16 aromatic rings. The smallest absolute Gasteiger partial charge is 0.331 e. The molecule has 1 aliphatic heterocycles. The molecule has 33 heteroatoms. The Morgan fingerprint density at radius 3 is 1.09 bits per heavy atom. The number of nitrogens with zero attached hydrogens (tertiary/aromatic N) is 13. The Hall–Kier alpha value is -14.9. The highest BCUT2D eigenvalue weighted by Gasteiger charge is 2.32. The molecule has 1 fully saturated rings. The number of aromatic hydroxyl groups is 1. The fraction of sp³-hybridized carbons (Fsp3) is 0.327. The van der Waals surface area contributed by atoms with Crippen LogP contribution in [0.3, 0.4) is 0 Å². The van der Waals surface area contributed by atoms with Crippen LogP contribution in [0.15, 0.2) is 263 Å². The first-order valence-electron chi connectivity index (χ1n) is 46.3. The van der Waals surface area contributed by atoms with Gasteiger partial charge in [-0.2, -0.15) is 0 Å². The van der Waals surface area contributed by atoms with E-state index in [1.807, 2.05) is 143 Å². The molecule has 1 saturated heterocycles. The molecule has 0 radical (unpaired) electrons. The van der Waals surface area contributed by atoms with Crippen molar-refractivity contribution in [2.45, 2.75) is 172 Å². The molecule has 0 saturated carbocycles. The molecule has 9 heterocycles. The van der Waals surface area contributed by atoms with Crippen LogP contribution in [-0.4, -0.2) is 84.4 Å². The Bertz CT molecular complexity index is 7730. The highest BCUT2D eigenvalue weighted by molar-refractivity contribution is 5.96. The van der Waals surface area contributed by atoms with Crippen LogP contribution in [0, 0.1) is 36.9 Å². The molecular weight excluding hydrogens is 1800 g/mol. The molecule has 5 N–H and O–H groups in total. The number of phenolic OH excluding ortho intramolecular Hbond substituents is 1. The number of rotatable bonds is 26. The lowest BCUT2D eigenvalue weighted by Crippen LogP contribution is -2.41. The Morgan fingerprint density at radius 1 is 0.379 bits per heavy atom. The Kier molecular flexibility index (Phi) is 29.6. The average molecular weight is 1920 g/mol. The fourth-order valence-electron chi connectivity index (χ4n) is 17.5. The predicted molar refractivity (Wildman–Crippen MR) is 541 cm³/mol. The maximum atomic E-state index is 13.7. The van der Waals surface area contributed by atoms with Gasteiger partial charge >= 0.3 is 22.8 Å². The van der Waals surface area contributed by atoms with Crippen molar-refractivity contribution in [2.24, 2.45) is 45.4 Å². The van der Waals surface area contributed by atoms with Gasteiger partial charge in [0, 0.05) is 171 Å². The Morgan fingerprint density at radius 2 is 0.707 bits per heavy atom. The number of likely N-dealkylation sites (N-methyl/N-ethyl adjacent to an activating group) is 1. The van der Waals surface area contributed by atoms with E-state index in [0.717, 1.165) is 93.2 Å². The zero-order valence-electron chi connectivity index (χ0n) is 81.5. The Labute approximate surface area is 803 Å². The Balaban J connectivity index is 0.000000149. The van der Waals surface area contributed by atoms with Gasteiger partial charge in [0.1, 0.15) is 56.4 Å². The van der Waals surface area contributed by atoms with Crippen LogP contribution >= 0.6 is 0 Å². The average Bonchev–Trinajstić information content (AvgIpc) is 1.58. The summed E-state index contributed by atoms with van der Waals surface area (Å²) in [5.74, 6) is -6.48. The number of nitrogens with one attached hydrogen (secondary N) is 4. The summed E-state index contributed by atoms with van der Waals surface area (Å²) in [4.78, 5) is 108. The summed E-state index contributed by atoms with van der Waals surface area (Å²) >= 11 is 0. The lowest BCUT2D eigenvalue weighted by atomic mass is 9.97. The van der Waals surface area contributed by atoms with E-state index in [0.29, 0.717) is 124 Å². The third-order valence-corrected chi connectivity index (χ3v) is 25.0. The highest BCUT2D eigenvalue weighted by atomic mass is 19.3. The van der Waals surface area contributed by atoms with E-state index in [9.17, 15) is 74.2 Å². The van der Waals surface area contributed by atoms with E-state index < -0.39 is 34.6 Å². The summed E-state index contributed by atoms with van der Waals surface area (Å²) in [6.07, 6.45) is 7.52. The maximum Gasteiger partial charge on any atom is 0.331 e. The lowest BCUT2D eigenvalue weighted by Gasteiger charge is -2.21.